The zero-order valence-electron chi connectivity index (χ0n) is 12.4. The van der Waals surface area contributed by atoms with Gasteiger partial charge in [-0.3, -0.25) is 14.4 Å². The van der Waals surface area contributed by atoms with Gasteiger partial charge in [0.2, 0.25) is 5.91 Å². The van der Waals surface area contributed by atoms with Crippen LogP contribution < -0.4 is 5.32 Å². The van der Waals surface area contributed by atoms with Gasteiger partial charge in [0.25, 0.3) is 0 Å². The van der Waals surface area contributed by atoms with Gasteiger partial charge in [-0.05, 0) is 37.6 Å². The molecule has 20 heavy (non-hydrogen) atoms. The number of amides is 3. The number of rotatable bonds is 3. The Morgan fingerprint density at radius 2 is 1.50 bits per heavy atom. The first kappa shape index (κ1) is 15.7. The van der Waals surface area contributed by atoms with Crippen LogP contribution >= 0.6 is 11.9 Å². The van der Waals surface area contributed by atoms with Crippen molar-refractivity contribution < 1.29 is 9.59 Å². The molecule has 0 aliphatic heterocycles. The predicted molar refractivity (Wildman–Crippen MR) is 82.3 cm³/mol. The largest absolute Gasteiger partial charge is 0.334 e. The van der Waals surface area contributed by atoms with Gasteiger partial charge in [0.15, 0.2) is 0 Å². The molecule has 0 saturated heterocycles. The van der Waals surface area contributed by atoms with Crippen molar-refractivity contribution in [2.45, 2.75) is 70.3 Å². The van der Waals surface area contributed by atoms with Crippen LogP contribution in [0.15, 0.2) is 0 Å². The van der Waals surface area contributed by atoms with E-state index in [1.807, 2.05) is 6.26 Å². The van der Waals surface area contributed by atoms with Gasteiger partial charge in [-0.25, -0.2) is 4.79 Å². The van der Waals surface area contributed by atoms with Crippen molar-refractivity contribution in [2.75, 3.05) is 6.26 Å². The Labute approximate surface area is 126 Å². The molecule has 4 nitrogen and oxygen atoms in total. The maximum Gasteiger partial charge on any atom is 0.334 e. The average Bonchev–Trinajstić information content (AvgIpc) is 2.50. The third-order valence-corrected chi connectivity index (χ3v) is 5.37. The van der Waals surface area contributed by atoms with Crippen LogP contribution in [0.2, 0.25) is 0 Å². The summed E-state index contributed by atoms with van der Waals surface area (Å²) in [5.41, 5.74) is 0. The minimum absolute atomic E-state index is 0.0442. The molecule has 0 spiro atoms. The number of hydrogen-bond donors (Lipinski definition) is 1. The number of nitrogens with zero attached hydrogens (tertiary/aromatic N) is 1. The van der Waals surface area contributed by atoms with E-state index in [0.29, 0.717) is 0 Å². The molecule has 114 valence electrons. The smallest absolute Gasteiger partial charge is 0.277 e. The topological polar surface area (TPSA) is 49.4 Å². The van der Waals surface area contributed by atoms with E-state index in [-0.39, 0.29) is 23.9 Å². The second-order valence-electron chi connectivity index (χ2n) is 5.93. The van der Waals surface area contributed by atoms with E-state index < -0.39 is 0 Å². The van der Waals surface area contributed by atoms with Crippen LogP contribution in [0.25, 0.3) is 0 Å². The Bertz CT molecular complexity index is 337. The number of urea groups is 1. The lowest BCUT2D eigenvalue weighted by Gasteiger charge is -2.32. The molecule has 0 heterocycles. The minimum atomic E-state index is -0.208. The summed E-state index contributed by atoms with van der Waals surface area (Å²) in [5.74, 6) is -0.0210. The number of carbonyl (C=O) groups is 2. The highest BCUT2D eigenvalue weighted by atomic mass is 32.2. The van der Waals surface area contributed by atoms with E-state index >= 15 is 0 Å². The summed E-state index contributed by atoms with van der Waals surface area (Å²) in [5, 5.41) is 2.63. The van der Waals surface area contributed by atoms with Crippen LogP contribution in [0.3, 0.4) is 0 Å². The molecule has 0 atom stereocenters. The quantitative estimate of drug-likeness (QED) is 0.808. The van der Waals surface area contributed by atoms with E-state index in [9.17, 15) is 9.59 Å². The van der Waals surface area contributed by atoms with Gasteiger partial charge in [0.05, 0.1) is 0 Å². The summed E-state index contributed by atoms with van der Waals surface area (Å²) in [4.78, 5) is 24.4. The molecule has 5 heteroatoms. The fraction of sp³-hybridized carbons (Fsp3) is 0.867. The molecule has 0 radical (unpaired) electrons. The Kier molecular flexibility index (Phi) is 6.20. The van der Waals surface area contributed by atoms with Crippen LogP contribution in [0.5, 0.6) is 0 Å². The van der Waals surface area contributed by atoms with Crippen molar-refractivity contribution in [2.24, 2.45) is 5.92 Å². The van der Waals surface area contributed by atoms with Crippen molar-refractivity contribution >= 4 is 23.9 Å². The molecular formula is C15H26N2O2S. The molecule has 0 unspecified atom stereocenters. The van der Waals surface area contributed by atoms with Gasteiger partial charge in [0.1, 0.15) is 0 Å². The average molecular weight is 298 g/mol. The summed E-state index contributed by atoms with van der Waals surface area (Å²) in [6.07, 6.45) is 13.0. The van der Waals surface area contributed by atoms with E-state index in [1.54, 1.807) is 4.31 Å². The Hall–Kier alpha value is -0.710. The van der Waals surface area contributed by atoms with E-state index in [4.69, 9.17) is 0 Å². The lowest BCUT2D eigenvalue weighted by Crippen LogP contribution is -2.46. The van der Waals surface area contributed by atoms with Gasteiger partial charge in [-0.15, -0.1) is 0 Å². The molecule has 0 aromatic heterocycles. The summed E-state index contributed by atoms with van der Waals surface area (Å²) in [7, 11) is 0. The number of carbonyl (C=O) groups excluding carboxylic acids is 2. The molecule has 2 fully saturated rings. The third-order valence-electron chi connectivity index (χ3n) is 4.51. The second kappa shape index (κ2) is 7.91. The number of imide groups is 1. The lowest BCUT2D eigenvalue weighted by molar-refractivity contribution is -0.124. The Morgan fingerprint density at radius 1 is 0.950 bits per heavy atom. The van der Waals surface area contributed by atoms with Crippen LogP contribution in [-0.2, 0) is 4.79 Å². The Balaban J connectivity index is 1.86. The maximum absolute atomic E-state index is 12.3. The van der Waals surface area contributed by atoms with Gasteiger partial charge < -0.3 is 0 Å². The first-order chi connectivity index (χ1) is 9.72. The molecule has 2 aliphatic rings. The number of hydrogen-bond acceptors (Lipinski definition) is 3. The SMILES string of the molecule is CSN(C(=O)NC(=O)C1CCCCC1)C1CCCCC1. The highest BCUT2D eigenvalue weighted by Gasteiger charge is 2.28. The highest BCUT2D eigenvalue weighted by molar-refractivity contribution is 7.96. The van der Waals surface area contributed by atoms with E-state index in [1.165, 1.54) is 37.6 Å². The third kappa shape index (κ3) is 4.14. The fourth-order valence-corrected chi connectivity index (χ4v) is 4.06. The van der Waals surface area contributed by atoms with E-state index in [2.05, 4.69) is 5.32 Å². The van der Waals surface area contributed by atoms with Gasteiger partial charge in [-0.1, -0.05) is 38.5 Å². The second-order valence-corrected chi connectivity index (χ2v) is 6.69. The first-order valence-electron chi connectivity index (χ1n) is 7.90. The molecule has 0 bridgehead atoms. The summed E-state index contributed by atoms with van der Waals surface area (Å²) >= 11 is 1.44. The van der Waals surface area contributed by atoms with Crippen LogP contribution in [0.4, 0.5) is 4.79 Å². The van der Waals surface area contributed by atoms with Gasteiger partial charge in [-0.2, -0.15) is 0 Å². The minimum Gasteiger partial charge on any atom is -0.277 e. The summed E-state index contributed by atoms with van der Waals surface area (Å²) < 4.78 is 1.78. The molecule has 0 aromatic carbocycles. The Morgan fingerprint density at radius 3 is 2.05 bits per heavy atom. The molecule has 2 saturated carbocycles. The van der Waals surface area contributed by atoms with Crippen LogP contribution in [0, 0.1) is 5.92 Å². The normalized spacial score (nSPS) is 21.4. The highest BCUT2D eigenvalue weighted by Crippen LogP contribution is 2.27. The maximum atomic E-state index is 12.3. The zero-order chi connectivity index (χ0) is 14.4. The molecule has 0 aromatic rings. The monoisotopic (exact) mass is 298 g/mol. The fourth-order valence-electron chi connectivity index (χ4n) is 3.34. The lowest BCUT2D eigenvalue weighted by atomic mass is 9.89. The van der Waals surface area contributed by atoms with Gasteiger partial charge in [0, 0.05) is 18.2 Å². The van der Waals surface area contributed by atoms with Crippen molar-refractivity contribution in [3.05, 3.63) is 0 Å². The van der Waals surface area contributed by atoms with Crippen LogP contribution in [-0.4, -0.2) is 28.5 Å². The van der Waals surface area contributed by atoms with Crippen molar-refractivity contribution in [1.82, 2.24) is 9.62 Å². The molecule has 2 rings (SSSR count). The predicted octanol–water partition coefficient (Wildman–Crippen LogP) is 3.72. The standard InChI is InChI=1S/C15H26N2O2S/c1-20-17(13-10-6-3-7-11-13)15(19)16-14(18)12-8-4-2-5-9-12/h12-13H,2-11H2,1H3,(H,16,18,19). The zero-order valence-corrected chi connectivity index (χ0v) is 13.2. The van der Waals surface area contributed by atoms with E-state index in [0.717, 1.165) is 38.5 Å². The summed E-state index contributed by atoms with van der Waals surface area (Å²) in [6, 6.07) is 0.0814. The summed E-state index contributed by atoms with van der Waals surface area (Å²) in [6.45, 7) is 0. The van der Waals surface area contributed by atoms with Crippen molar-refractivity contribution in [3.63, 3.8) is 0 Å². The molecule has 1 N–H and O–H groups in total. The van der Waals surface area contributed by atoms with Gasteiger partial charge >= 0.3 is 6.03 Å². The first-order valence-corrected chi connectivity index (χ1v) is 9.08. The number of nitrogens with one attached hydrogen (secondary N) is 1. The van der Waals surface area contributed by atoms with Crippen molar-refractivity contribution in [3.8, 4) is 0 Å². The van der Waals surface area contributed by atoms with Crippen molar-refractivity contribution in [1.29, 1.82) is 0 Å². The molecule has 2 aliphatic carbocycles. The van der Waals surface area contributed by atoms with Crippen LogP contribution in [0.1, 0.15) is 64.2 Å². The molecule has 3 amide bonds. The molecular weight excluding hydrogens is 272 g/mol.